The van der Waals surface area contributed by atoms with Gasteiger partial charge in [0.25, 0.3) is 0 Å². The summed E-state index contributed by atoms with van der Waals surface area (Å²) in [6.07, 6.45) is 3.23. The molecule has 0 bridgehead atoms. The first-order valence-corrected chi connectivity index (χ1v) is 15.6. The number of nitrogens with one attached hydrogen (secondary N) is 1. The maximum atomic E-state index is 13.9. The average Bonchev–Trinajstić information content (AvgIpc) is 3.67. The van der Waals surface area contributed by atoms with Crippen molar-refractivity contribution in [3.63, 3.8) is 0 Å². The molecule has 1 unspecified atom stereocenters. The summed E-state index contributed by atoms with van der Waals surface area (Å²) in [5.41, 5.74) is 0.489. The fraction of sp³-hybridized carbons (Fsp3) is 0.424. The fourth-order valence-corrected chi connectivity index (χ4v) is 6.90. The molecule has 0 radical (unpaired) electrons. The molecule has 1 aromatic heterocycles. The zero-order valence-electron chi connectivity index (χ0n) is 26.4. The van der Waals surface area contributed by atoms with E-state index in [0.717, 1.165) is 29.5 Å². The Morgan fingerprint density at radius 2 is 1.66 bits per heavy atom. The minimum atomic E-state index is -0.830. The molecule has 0 saturated carbocycles. The van der Waals surface area contributed by atoms with Crippen molar-refractivity contribution in [2.75, 3.05) is 32.7 Å². The molecule has 4 aliphatic heterocycles. The van der Waals surface area contributed by atoms with Crippen LogP contribution < -0.4 is 26.2 Å². The molecule has 13 nitrogen and oxygen atoms in total. The largest absolute Gasteiger partial charge is 0.483 e. The number of piperazine rings is 1. The molecule has 14 heteroatoms. The van der Waals surface area contributed by atoms with Crippen molar-refractivity contribution < 1.29 is 23.9 Å². The summed E-state index contributed by atoms with van der Waals surface area (Å²) in [6.45, 7) is 7.92. The summed E-state index contributed by atoms with van der Waals surface area (Å²) in [6, 6.07) is 10.6. The van der Waals surface area contributed by atoms with E-state index in [1.54, 1.807) is 52.3 Å². The van der Waals surface area contributed by atoms with Gasteiger partial charge in [-0.2, -0.15) is 0 Å². The predicted molar refractivity (Wildman–Crippen MR) is 174 cm³/mol. The summed E-state index contributed by atoms with van der Waals surface area (Å²) < 4.78 is 16.1. The highest BCUT2D eigenvalue weighted by molar-refractivity contribution is 5.94. The number of ether oxygens (including phenoxy) is 2. The van der Waals surface area contributed by atoms with Crippen LogP contribution >= 0.6 is 12.4 Å². The van der Waals surface area contributed by atoms with E-state index in [1.165, 1.54) is 16.3 Å². The van der Waals surface area contributed by atoms with Crippen LogP contribution in [-0.4, -0.2) is 85.9 Å². The molecule has 7 rings (SSSR count). The molecule has 2 aromatic carbocycles. The zero-order chi connectivity index (χ0) is 32.3. The van der Waals surface area contributed by atoms with E-state index in [-0.39, 0.29) is 42.4 Å². The van der Waals surface area contributed by atoms with Crippen molar-refractivity contribution in [3.05, 3.63) is 86.2 Å². The molecule has 2 atom stereocenters. The summed E-state index contributed by atoms with van der Waals surface area (Å²) in [5, 5.41) is 3.23. The SMILES string of the molecule is CC(=O)c1ccc(-n2c(=O)n3n(c2=O)C2C(=CC3)C(C)(C)Oc3cc(OC(=O)N4CCN(C(=O)[C@@H]5CCCN5)CC4)ccc32)cc1.Cl. The molecule has 2 amide bonds. The number of benzene rings is 2. The third-order valence-corrected chi connectivity index (χ3v) is 9.37. The molecule has 3 aromatic rings. The van der Waals surface area contributed by atoms with Crippen molar-refractivity contribution >= 4 is 30.2 Å². The Bertz CT molecular complexity index is 1890. The lowest BCUT2D eigenvalue weighted by atomic mass is 9.83. The van der Waals surface area contributed by atoms with Crippen molar-refractivity contribution in [3.8, 4) is 17.2 Å². The predicted octanol–water partition coefficient (Wildman–Crippen LogP) is 2.52. The Kier molecular flexibility index (Phi) is 8.39. The Hall–Kier alpha value is -4.62. The van der Waals surface area contributed by atoms with E-state index in [2.05, 4.69) is 5.32 Å². The summed E-state index contributed by atoms with van der Waals surface area (Å²) in [5.74, 6) is 0.688. The van der Waals surface area contributed by atoms with Crippen LogP contribution in [0.2, 0.25) is 0 Å². The number of hydrogen-bond donors (Lipinski definition) is 1. The number of allylic oxidation sites excluding steroid dienone is 1. The van der Waals surface area contributed by atoms with Crippen LogP contribution in [-0.2, 0) is 11.3 Å². The number of nitrogens with zero attached hydrogens (tertiary/aromatic N) is 5. The summed E-state index contributed by atoms with van der Waals surface area (Å²) >= 11 is 0. The first-order valence-electron chi connectivity index (χ1n) is 15.6. The van der Waals surface area contributed by atoms with Gasteiger partial charge in [0.2, 0.25) is 5.91 Å². The van der Waals surface area contributed by atoms with Gasteiger partial charge >= 0.3 is 17.5 Å². The zero-order valence-corrected chi connectivity index (χ0v) is 27.2. The number of amides is 2. The Morgan fingerprint density at radius 1 is 0.957 bits per heavy atom. The van der Waals surface area contributed by atoms with Crippen molar-refractivity contribution in [2.45, 2.75) is 57.8 Å². The quantitative estimate of drug-likeness (QED) is 0.332. The highest BCUT2D eigenvalue weighted by Crippen LogP contribution is 2.47. The van der Waals surface area contributed by atoms with Gasteiger partial charge in [0.1, 0.15) is 23.1 Å². The molecule has 248 valence electrons. The van der Waals surface area contributed by atoms with Gasteiger partial charge in [-0.05, 0) is 82.1 Å². The summed E-state index contributed by atoms with van der Waals surface area (Å²) in [4.78, 5) is 68.4. The van der Waals surface area contributed by atoms with Gasteiger partial charge in [-0.3, -0.25) is 9.59 Å². The second kappa shape index (κ2) is 12.2. The lowest BCUT2D eigenvalue weighted by molar-refractivity contribution is -0.134. The smallest absolute Gasteiger partial charge is 0.415 e. The maximum Gasteiger partial charge on any atom is 0.415 e. The third-order valence-electron chi connectivity index (χ3n) is 9.37. The van der Waals surface area contributed by atoms with E-state index >= 15 is 0 Å². The third kappa shape index (κ3) is 5.57. The molecule has 1 N–H and O–H groups in total. The molecule has 4 aliphatic rings. The highest BCUT2D eigenvalue weighted by Gasteiger charge is 2.44. The molecule has 5 heterocycles. The normalized spacial score (nSPS) is 21.0. The van der Waals surface area contributed by atoms with Gasteiger partial charge in [-0.25, -0.2) is 28.3 Å². The van der Waals surface area contributed by atoms with Crippen molar-refractivity contribution in [2.24, 2.45) is 0 Å². The van der Waals surface area contributed by atoms with Gasteiger partial charge < -0.3 is 24.6 Å². The Morgan fingerprint density at radius 3 is 2.32 bits per heavy atom. The van der Waals surface area contributed by atoms with E-state index in [9.17, 15) is 24.0 Å². The molecule has 47 heavy (non-hydrogen) atoms. The molecule has 0 spiro atoms. The molecular formula is C33H37ClN6O7. The van der Waals surface area contributed by atoms with Gasteiger partial charge in [-0.1, -0.05) is 6.08 Å². The first-order chi connectivity index (χ1) is 22.0. The monoisotopic (exact) mass is 664 g/mol. The minimum absolute atomic E-state index is 0. The summed E-state index contributed by atoms with van der Waals surface area (Å²) in [7, 11) is 0. The molecule has 2 fully saturated rings. The number of fused-ring (bicyclic) bond motifs is 5. The van der Waals surface area contributed by atoms with Crippen LogP contribution in [0.1, 0.15) is 55.6 Å². The number of carbonyl (C=O) groups is 3. The lowest BCUT2D eigenvalue weighted by Gasteiger charge is -2.42. The van der Waals surface area contributed by atoms with Crippen LogP contribution in [0.15, 0.2) is 63.7 Å². The van der Waals surface area contributed by atoms with Crippen LogP contribution in [0, 0.1) is 0 Å². The van der Waals surface area contributed by atoms with E-state index < -0.39 is 29.1 Å². The molecule has 0 aliphatic carbocycles. The molecule has 2 saturated heterocycles. The van der Waals surface area contributed by atoms with E-state index in [1.807, 2.05) is 19.9 Å². The maximum absolute atomic E-state index is 13.9. The van der Waals surface area contributed by atoms with Crippen LogP contribution in [0.5, 0.6) is 11.5 Å². The van der Waals surface area contributed by atoms with Crippen LogP contribution in [0.25, 0.3) is 5.69 Å². The number of aromatic nitrogens is 3. The topological polar surface area (TPSA) is 137 Å². The highest BCUT2D eigenvalue weighted by atomic mass is 35.5. The van der Waals surface area contributed by atoms with Crippen LogP contribution in [0.4, 0.5) is 4.79 Å². The van der Waals surface area contributed by atoms with Gasteiger partial charge in [0.05, 0.1) is 18.3 Å². The Labute approximate surface area is 276 Å². The standard InChI is InChI=1S/C33H36N6O7.ClH/c1-20(40)21-6-8-22(9-7-21)38-30(42)37-14-12-25-28(39(37)31(38)43)24-11-10-23(19-27(24)46-33(25,2)3)45-32(44)36-17-15-35(16-18-36)29(41)26-5-4-13-34-26;/h6-12,19,26,28,34H,4-5,13-18H2,1-3H3;1H/t26-,28?;/m0./s1. The van der Waals surface area contributed by atoms with Crippen molar-refractivity contribution in [1.29, 1.82) is 0 Å². The van der Waals surface area contributed by atoms with E-state index in [0.29, 0.717) is 48.7 Å². The number of hydrogen-bond acceptors (Lipinski definition) is 8. The average molecular weight is 665 g/mol. The van der Waals surface area contributed by atoms with Crippen LogP contribution in [0.3, 0.4) is 0 Å². The van der Waals surface area contributed by atoms with Gasteiger partial charge in [0, 0.05) is 43.4 Å². The van der Waals surface area contributed by atoms with Crippen molar-refractivity contribution in [1.82, 2.24) is 29.0 Å². The molecular weight excluding hydrogens is 628 g/mol. The number of rotatable bonds is 4. The van der Waals surface area contributed by atoms with E-state index in [4.69, 9.17) is 9.47 Å². The number of ketones is 1. The minimum Gasteiger partial charge on any atom is -0.483 e. The lowest BCUT2D eigenvalue weighted by Crippen LogP contribution is -2.54. The first kappa shape index (κ1) is 32.3. The fourth-order valence-electron chi connectivity index (χ4n) is 6.90. The van der Waals surface area contributed by atoms with Gasteiger partial charge in [-0.15, -0.1) is 12.4 Å². The number of carbonyl (C=O) groups excluding carboxylic acids is 3. The second-order valence-electron chi connectivity index (χ2n) is 12.6. The van der Waals surface area contributed by atoms with Gasteiger partial charge in [0.15, 0.2) is 5.78 Å². The number of Topliss-reactive ketones (excluding diaryl/α,β-unsaturated/α-hetero) is 1. The second-order valence-corrected chi connectivity index (χ2v) is 12.6. The number of halogens is 1. The Balaban J connectivity index is 0.00000386.